The van der Waals surface area contributed by atoms with E-state index in [0.717, 1.165) is 15.9 Å². The second kappa shape index (κ2) is 9.72. The fourth-order valence-corrected chi connectivity index (χ4v) is 8.17. The van der Waals surface area contributed by atoms with E-state index in [0.29, 0.717) is 11.1 Å². The van der Waals surface area contributed by atoms with Crippen molar-refractivity contribution >= 4 is 34.9 Å². The molecule has 0 N–H and O–H groups in total. The first-order valence-electron chi connectivity index (χ1n) is 10.4. The van der Waals surface area contributed by atoms with E-state index in [-0.39, 0.29) is 11.9 Å². The molecule has 4 aromatic carbocycles. The molecule has 3 nitrogen and oxygen atoms in total. The van der Waals surface area contributed by atoms with Crippen molar-refractivity contribution in [1.82, 2.24) is 0 Å². The minimum absolute atomic E-state index is 0.0732. The third kappa shape index (κ3) is 4.12. The van der Waals surface area contributed by atoms with Gasteiger partial charge in [-0.15, -0.1) is 0 Å². The van der Waals surface area contributed by atoms with Crippen LogP contribution in [-0.2, 0) is 4.74 Å². The molecular formula is C28H24O3P+. The molecule has 4 heteroatoms. The first-order chi connectivity index (χ1) is 15.7. The molecule has 0 aromatic heterocycles. The van der Waals surface area contributed by atoms with E-state index in [4.69, 9.17) is 4.74 Å². The number of ketones is 1. The first kappa shape index (κ1) is 21.7. The summed E-state index contributed by atoms with van der Waals surface area (Å²) in [6, 6.07) is 37.6. The zero-order chi connectivity index (χ0) is 22.4. The number of methoxy groups -OCH3 is 1. The highest BCUT2D eigenvalue weighted by Gasteiger charge is 2.47. The average molecular weight is 439 g/mol. The zero-order valence-electron chi connectivity index (χ0n) is 17.8. The Balaban J connectivity index is 1.94. The van der Waals surface area contributed by atoms with Crippen molar-refractivity contribution in [3.05, 3.63) is 126 Å². The van der Waals surface area contributed by atoms with Crippen molar-refractivity contribution in [2.75, 3.05) is 13.3 Å². The molecule has 0 radical (unpaired) electrons. The van der Waals surface area contributed by atoms with Gasteiger partial charge < -0.3 is 4.74 Å². The fourth-order valence-electron chi connectivity index (χ4n) is 4.08. The predicted molar refractivity (Wildman–Crippen MR) is 132 cm³/mol. The number of Topliss-reactive ketones (excluding diaryl/α,β-unsaturated/α-hetero) is 1. The van der Waals surface area contributed by atoms with Gasteiger partial charge in [0.1, 0.15) is 29.3 Å². The predicted octanol–water partition coefficient (Wildman–Crippen LogP) is 4.65. The molecule has 32 heavy (non-hydrogen) atoms. The zero-order valence-corrected chi connectivity index (χ0v) is 18.7. The molecule has 4 aromatic rings. The van der Waals surface area contributed by atoms with Gasteiger partial charge in [0.05, 0.1) is 12.7 Å². The minimum atomic E-state index is -2.34. The van der Waals surface area contributed by atoms with Crippen molar-refractivity contribution in [2.45, 2.75) is 0 Å². The van der Waals surface area contributed by atoms with E-state index in [1.165, 1.54) is 7.11 Å². The monoisotopic (exact) mass is 439 g/mol. The maximum atomic E-state index is 13.8. The van der Waals surface area contributed by atoms with Crippen LogP contribution in [0.2, 0.25) is 0 Å². The lowest BCUT2D eigenvalue weighted by molar-refractivity contribution is 0.0597. The van der Waals surface area contributed by atoms with Crippen molar-refractivity contribution in [1.29, 1.82) is 0 Å². The van der Waals surface area contributed by atoms with Gasteiger partial charge in [0, 0.05) is 5.56 Å². The summed E-state index contributed by atoms with van der Waals surface area (Å²) < 4.78 is 4.93. The molecule has 0 aliphatic carbocycles. The largest absolute Gasteiger partial charge is 0.465 e. The highest BCUT2D eigenvalue weighted by atomic mass is 31.2. The normalized spacial score (nSPS) is 11.0. The molecule has 0 saturated carbocycles. The minimum Gasteiger partial charge on any atom is -0.465 e. The Labute approximate surface area is 189 Å². The average Bonchev–Trinajstić information content (AvgIpc) is 2.88. The van der Waals surface area contributed by atoms with Gasteiger partial charge in [-0.25, -0.2) is 4.79 Å². The molecule has 0 fully saturated rings. The van der Waals surface area contributed by atoms with E-state index < -0.39 is 13.2 Å². The van der Waals surface area contributed by atoms with Crippen molar-refractivity contribution < 1.29 is 14.3 Å². The molecule has 0 heterocycles. The van der Waals surface area contributed by atoms with E-state index in [1.54, 1.807) is 24.3 Å². The smallest absolute Gasteiger partial charge is 0.338 e. The van der Waals surface area contributed by atoms with Crippen LogP contribution in [0.3, 0.4) is 0 Å². The first-order valence-corrected chi connectivity index (χ1v) is 12.4. The van der Waals surface area contributed by atoms with Gasteiger partial charge in [0.15, 0.2) is 0 Å². The van der Waals surface area contributed by atoms with Crippen molar-refractivity contribution in [3.8, 4) is 0 Å². The molecule has 0 saturated heterocycles. The third-order valence-electron chi connectivity index (χ3n) is 5.60. The number of rotatable bonds is 7. The van der Waals surface area contributed by atoms with Crippen LogP contribution in [0.5, 0.6) is 0 Å². The van der Waals surface area contributed by atoms with Gasteiger partial charge in [0.2, 0.25) is 5.78 Å². The van der Waals surface area contributed by atoms with Crippen LogP contribution in [0.15, 0.2) is 115 Å². The number of carbonyl (C=O) groups excluding carboxylic acids is 2. The van der Waals surface area contributed by atoms with Gasteiger partial charge in [0.25, 0.3) is 0 Å². The summed E-state index contributed by atoms with van der Waals surface area (Å²) in [7, 11) is -1.00. The van der Waals surface area contributed by atoms with Gasteiger partial charge in [-0.1, -0.05) is 72.8 Å². The molecule has 0 unspecified atom stereocenters. The number of benzene rings is 4. The lowest BCUT2D eigenvalue weighted by atomic mass is 10.0. The molecular weight excluding hydrogens is 415 g/mol. The summed E-state index contributed by atoms with van der Waals surface area (Å²) in [6.45, 7) is 0. The second-order valence-electron chi connectivity index (χ2n) is 7.43. The molecule has 0 aliphatic heterocycles. The highest BCUT2D eigenvalue weighted by molar-refractivity contribution is 7.96. The molecule has 0 aliphatic rings. The van der Waals surface area contributed by atoms with Crippen LogP contribution in [0.4, 0.5) is 0 Å². The molecule has 0 spiro atoms. The van der Waals surface area contributed by atoms with E-state index in [1.807, 2.05) is 54.6 Å². The highest BCUT2D eigenvalue weighted by Crippen LogP contribution is 2.55. The maximum Gasteiger partial charge on any atom is 0.338 e. The second-order valence-corrected chi connectivity index (χ2v) is 10.9. The Morgan fingerprint density at radius 1 is 0.594 bits per heavy atom. The lowest BCUT2D eigenvalue weighted by Crippen LogP contribution is -2.36. The van der Waals surface area contributed by atoms with Crippen LogP contribution < -0.4 is 15.9 Å². The van der Waals surface area contributed by atoms with Gasteiger partial charge >= 0.3 is 5.97 Å². The summed E-state index contributed by atoms with van der Waals surface area (Å²) in [6.07, 6.45) is 0.277. The van der Waals surface area contributed by atoms with Gasteiger partial charge in [-0.2, -0.15) is 0 Å². The third-order valence-corrected chi connectivity index (χ3v) is 9.91. The van der Waals surface area contributed by atoms with Crippen LogP contribution in [0, 0.1) is 0 Å². The standard InChI is InChI=1S/C28H24O3P/c1-31-28(30)26-20-12-11-19-25(26)27(29)21-32(22-13-5-2-6-14-22,23-15-7-3-8-16-23)24-17-9-4-10-18-24/h2-20H,21H2,1H3/q+1. The molecule has 158 valence electrons. The van der Waals surface area contributed by atoms with E-state index in [2.05, 4.69) is 36.4 Å². The molecule has 0 atom stereocenters. The molecule has 0 amide bonds. The van der Waals surface area contributed by atoms with Gasteiger partial charge in [-0.3, -0.25) is 4.79 Å². The van der Waals surface area contributed by atoms with Crippen molar-refractivity contribution in [3.63, 3.8) is 0 Å². The quantitative estimate of drug-likeness (QED) is 0.239. The Hall–Kier alpha value is -3.55. The van der Waals surface area contributed by atoms with Crippen LogP contribution >= 0.6 is 7.26 Å². The number of hydrogen-bond donors (Lipinski definition) is 0. The number of esters is 1. The molecule has 0 bridgehead atoms. The summed E-state index contributed by atoms with van der Waals surface area (Å²) in [5.41, 5.74) is 0.693. The van der Waals surface area contributed by atoms with Crippen LogP contribution in [-0.4, -0.2) is 25.0 Å². The fraction of sp³-hybridized carbons (Fsp3) is 0.0714. The van der Waals surface area contributed by atoms with Crippen LogP contribution in [0.1, 0.15) is 20.7 Å². The van der Waals surface area contributed by atoms with Gasteiger partial charge in [-0.05, 0) is 42.5 Å². The number of hydrogen-bond acceptors (Lipinski definition) is 3. The number of ether oxygens (including phenoxy) is 1. The topological polar surface area (TPSA) is 43.4 Å². The molecule has 4 rings (SSSR count). The van der Waals surface area contributed by atoms with Crippen molar-refractivity contribution in [2.24, 2.45) is 0 Å². The summed E-state index contributed by atoms with van der Waals surface area (Å²) in [5, 5.41) is 3.38. The Bertz CT molecular complexity index is 1110. The Morgan fingerprint density at radius 3 is 1.38 bits per heavy atom. The lowest BCUT2D eigenvalue weighted by Gasteiger charge is -2.27. The Morgan fingerprint density at radius 2 is 0.969 bits per heavy atom. The summed E-state index contributed by atoms with van der Waals surface area (Å²) >= 11 is 0. The van der Waals surface area contributed by atoms with E-state index >= 15 is 0 Å². The summed E-state index contributed by atoms with van der Waals surface area (Å²) in [4.78, 5) is 26.2. The maximum absolute atomic E-state index is 13.8. The number of carbonyl (C=O) groups is 2. The van der Waals surface area contributed by atoms with Crippen LogP contribution in [0.25, 0.3) is 0 Å². The van der Waals surface area contributed by atoms with E-state index in [9.17, 15) is 9.59 Å². The Kier molecular flexibility index (Phi) is 6.58. The SMILES string of the molecule is COC(=O)c1ccccc1C(=O)C[P+](c1ccccc1)(c1ccccc1)c1ccccc1. The summed E-state index contributed by atoms with van der Waals surface area (Å²) in [5.74, 6) is -0.576.